The number of aryl methyl sites for hydroxylation is 2. The minimum atomic E-state index is -4.41. The Labute approximate surface area is 113 Å². The van der Waals surface area contributed by atoms with Gasteiger partial charge < -0.3 is 9.63 Å². The van der Waals surface area contributed by atoms with Crippen molar-refractivity contribution in [2.24, 2.45) is 0 Å². The minimum absolute atomic E-state index is 0.00172. The maximum Gasteiger partial charge on any atom is 0.322 e. The number of nitrogens with zero attached hydrogens (tertiary/aromatic N) is 2. The zero-order valence-corrected chi connectivity index (χ0v) is 11.4. The number of carboxylic acid groups (broad SMARTS) is 1. The zero-order valence-electron chi connectivity index (χ0n) is 10.6. The number of rotatable bonds is 3. The van der Waals surface area contributed by atoms with Crippen LogP contribution in [-0.4, -0.2) is 47.5 Å². The second-order valence-electron chi connectivity index (χ2n) is 4.62. The number of aliphatic carboxylic acids is 1. The molecule has 0 amide bonds. The molecule has 0 aromatic carbocycles. The van der Waals surface area contributed by atoms with Gasteiger partial charge in [-0.25, -0.2) is 17.2 Å². The summed E-state index contributed by atoms with van der Waals surface area (Å²) in [6.07, 6.45) is -1.05. The number of alkyl halides is 2. The maximum absolute atomic E-state index is 13.4. The van der Waals surface area contributed by atoms with Crippen molar-refractivity contribution in [1.29, 1.82) is 0 Å². The summed E-state index contributed by atoms with van der Waals surface area (Å²) in [4.78, 5) is 10.6. The van der Waals surface area contributed by atoms with E-state index in [0.717, 1.165) is 0 Å². The van der Waals surface area contributed by atoms with Crippen LogP contribution in [0.25, 0.3) is 0 Å². The van der Waals surface area contributed by atoms with Crippen LogP contribution in [0.2, 0.25) is 0 Å². The van der Waals surface area contributed by atoms with Crippen molar-refractivity contribution < 1.29 is 31.6 Å². The lowest BCUT2D eigenvalue weighted by molar-refractivity contribution is -0.141. The highest BCUT2D eigenvalue weighted by molar-refractivity contribution is 7.89. The van der Waals surface area contributed by atoms with Gasteiger partial charge in [-0.2, -0.15) is 4.31 Å². The van der Waals surface area contributed by atoms with Gasteiger partial charge in [0.25, 0.3) is 5.92 Å². The Morgan fingerprint density at radius 3 is 2.55 bits per heavy atom. The molecule has 112 valence electrons. The van der Waals surface area contributed by atoms with Crippen molar-refractivity contribution in [3.63, 3.8) is 0 Å². The van der Waals surface area contributed by atoms with E-state index in [9.17, 15) is 22.0 Å². The molecule has 20 heavy (non-hydrogen) atoms. The van der Waals surface area contributed by atoms with E-state index >= 15 is 0 Å². The summed E-state index contributed by atoms with van der Waals surface area (Å²) in [5, 5.41) is 12.4. The van der Waals surface area contributed by atoms with Gasteiger partial charge >= 0.3 is 5.97 Å². The normalized spacial score (nSPS) is 23.1. The predicted molar refractivity (Wildman–Crippen MR) is 60.9 cm³/mol. The third-order valence-corrected chi connectivity index (χ3v) is 5.15. The molecule has 1 saturated heterocycles. The second-order valence-corrected chi connectivity index (χ2v) is 6.45. The van der Waals surface area contributed by atoms with E-state index < -0.39 is 40.9 Å². The molecule has 1 aliphatic rings. The van der Waals surface area contributed by atoms with Gasteiger partial charge in [0.1, 0.15) is 16.6 Å². The number of hydrogen-bond acceptors (Lipinski definition) is 5. The number of halogens is 2. The van der Waals surface area contributed by atoms with Gasteiger partial charge in [0, 0.05) is 6.42 Å². The molecule has 0 radical (unpaired) electrons. The summed E-state index contributed by atoms with van der Waals surface area (Å²) in [7, 11) is -4.41. The lowest BCUT2D eigenvalue weighted by atomic mass is 10.2. The summed E-state index contributed by atoms with van der Waals surface area (Å²) >= 11 is 0. The Kier molecular flexibility index (Phi) is 3.33. The van der Waals surface area contributed by atoms with Crippen molar-refractivity contribution in [2.45, 2.75) is 37.1 Å². The molecule has 2 rings (SSSR count). The van der Waals surface area contributed by atoms with E-state index in [1.165, 1.54) is 13.8 Å². The topological polar surface area (TPSA) is 101 Å². The first-order valence-electron chi connectivity index (χ1n) is 5.61. The molecule has 2 heterocycles. The second kappa shape index (κ2) is 4.48. The van der Waals surface area contributed by atoms with Crippen molar-refractivity contribution in [1.82, 2.24) is 9.46 Å². The predicted octanol–water partition coefficient (Wildman–Crippen LogP) is 0.774. The molecule has 0 saturated carbocycles. The largest absolute Gasteiger partial charge is 0.480 e. The summed E-state index contributed by atoms with van der Waals surface area (Å²) in [6, 6.07) is -1.80. The highest BCUT2D eigenvalue weighted by Crippen LogP contribution is 2.37. The van der Waals surface area contributed by atoms with Crippen LogP contribution >= 0.6 is 0 Å². The van der Waals surface area contributed by atoms with Crippen molar-refractivity contribution in [2.75, 3.05) is 6.54 Å². The van der Waals surface area contributed by atoms with Crippen molar-refractivity contribution >= 4 is 16.0 Å². The first kappa shape index (κ1) is 14.9. The number of hydrogen-bond donors (Lipinski definition) is 1. The molecule has 1 aliphatic heterocycles. The van der Waals surface area contributed by atoms with Crippen LogP contribution in [0.4, 0.5) is 8.78 Å². The van der Waals surface area contributed by atoms with Gasteiger partial charge in [-0.1, -0.05) is 5.16 Å². The van der Waals surface area contributed by atoms with Gasteiger partial charge in [0.2, 0.25) is 10.0 Å². The third kappa shape index (κ3) is 2.29. The minimum Gasteiger partial charge on any atom is -0.480 e. The standard InChI is InChI=1S/C10H12F2N2O5S/c1-5-8(6(2)19-13-5)20(17,18)14-4-10(11,12)3-7(14)9(15)16/h7H,3-4H2,1-2H3,(H,15,16)/t7-/m1/s1. The van der Waals surface area contributed by atoms with Gasteiger partial charge in [0.15, 0.2) is 5.76 Å². The SMILES string of the molecule is Cc1noc(C)c1S(=O)(=O)N1CC(F)(F)C[C@@H]1C(=O)O. The molecule has 0 spiro atoms. The molecular formula is C10H12F2N2O5S. The van der Waals surface area contributed by atoms with Crippen LogP contribution in [0, 0.1) is 13.8 Å². The highest BCUT2D eigenvalue weighted by atomic mass is 32.2. The Balaban J connectivity index is 2.51. The van der Waals surface area contributed by atoms with Crippen molar-refractivity contribution in [3.05, 3.63) is 11.5 Å². The fourth-order valence-corrected chi connectivity index (χ4v) is 4.11. The lowest BCUT2D eigenvalue weighted by Crippen LogP contribution is -2.41. The van der Waals surface area contributed by atoms with E-state index in [1.807, 2.05) is 0 Å². The average Bonchev–Trinajstić information content (AvgIpc) is 2.79. The number of aromatic nitrogens is 1. The highest BCUT2D eigenvalue weighted by Gasteiger charge is 2.54. The van der Waals surface area contributed by atoms with Crippen LogP contribution in [0.3, 0.4) is 0 Å². The molecule has 7 nitrogen and oxygen atoms in total. The summed E-state index contributed by atoms with van der Waals surface area (Å²) < 4.78 is 56.5. The lowest BCUT2D eigenvalue weighted by Gasteiger charge is -2.19. The van der Waals surface area contributed by atoms with Gasteiger partial charge in [-0.05, 0) is 13.8 Å². The molecule has 1 fully saturated rings. The van der Waals surface area contributed by atoms with Gasteiger partial charge in [-0.3, -0.25) is 4.79 Å². The molecule has 0 bridgehead atoms. The fraction of sp³-hybridized carbons (Fsp3) is 0.600. The quantitative estimate of drug-likeness (QED) is 0.885. The summed E-state index contributed by atoms with van der Waals surface area (Å²) in [6.45, 7) is 1.49. The van der Waals surface area contributed by atoms with E-state index in [4.69, 9.17) is 9.63 Å². The number of carboxylic acids is 1. The first-order chi connectivity index (χ1) is 9.06. The number of carbonyl (C=O) groups is 1. The zero-order chi connectivity index (χ0) is 15.3. The summed E-state index contributed by atoms with van der Waals surface area (Å²) in [5.74, 6) is -5.06. The fourth-order valence-electron chi connectivity index (χ4n) is 2.21. The molecule has 1 atom stereocenters. The Bertz CT molecular complexity index is 635. The molecule has 1 aromatic rings. The smallest absolute Gasteiger partial charge is 0.322 e. The van der Waals surface area contributed by atoms with Crippen LogP contribution in [0.15, 0.2) is 9.42 Å². The molecule has 1 aromatic heterocycles. The van der Waals surface area contributed by atoms with E-state index in [0.29, 0.717) is 4.31 Å². The van der Waals surface area contributed by atoms with Gasteiger partial charge in [0.05, 0.1) is 6.54 Å². The molecule has 10 heteroatoms. The van der Waals surface area contributed by atoms with Crippen molar-refractivity contribution in [3.8, 4) is 0 Å². The monoisotopic (exact) mass is 310 g/mol. The van der Waals surface area contributed by atoms with E-state index in [-0.39, 0.29) is 16.3 Å². The van der Waals surface area contributed by atoms with E-state index in [1.54, 1.807) is 0 Å². The average molecular weight is 310 g/mol. The molecular weight excluding hydrogens is 298 g/mol. The van der Waals surface area contributed by atoms with E-state index in [2.05, 4.69) is 5.16 Å². The summed E-state index contributed by atoms with van der Waals surface area (Å²) in [5.41, 5.74) is 0.00172. The Hall–Kier alpha value is -1.55. The van der Waals surface area contributed by atoms with Gasteiger partial charge in [-0.15, -0.1) is 0 Å². The molecule has 1 N–H and O–H groups in total. The number of sulfonamides is 1. The molecule has 0 aliphatic carbocycles. The Morgan fingerprint density at radius 1 is 1.50 bits per heavy atom. The van der Waals surface area contributed by atoms with Crippen LogP contribution < -0.4 is 0 Å². The Morgan fingerprint density at radius 2 is 2.10 bits per heavy atom. The van der Waals surface area contributed by atoms with Crippen LogP contribution in [0.1, 0.15) is 17.9 Å². The third-order valence-electron chi connectivity index (χ3n) is 3.05. The van der Waals surface area contributed by atoms with Crippen LogP contribution in [-0.2, 0) is 14.8 Å². The van der Waals surface area contributed by atoms with Crippen LogP contribution in [0.5, 0.6) is 0 Å². The maximum atomic E-state index is 13.4. The molecule has 0 unspecified atom stereocenters. The first-order valence-corrected chi connectivity index (χ1v) is 7.05.